The molecule has 4 heterocycles. The number of hydrogen-bond acceptors (Lipinski definition) is 8. The Morgan fingerprint density at radius 3 is 2.40 bits per heavy atom. The Bertz CT molecular complexity index is 2180. The number of aliphatic hydroxyl groups excluding tert-OH is 1. The first-order valence-corrected chi connectivity index (χ1v) is 23.0. The molecule has 11 nitrogen and oxygen atoms in total. The standard InChI is InChI=1S/C45H52N4O7Si/c1-29-43(57(4,5)37-16-13-35(54-2)14-17-37)40(24-41(51)48-27-32-11-7-6-10-31(32)22-34(48)28-50)56-45(29)38-23-36(55-3)15-18-39(38)49(44(45)53)26-30-9-8-12-33(21-30)47-20-19-46-25-42(47)52/h6-18,21,23,29,34,40,43,46,50H,19-20,22,24-28H2,1-5H3/t29-,34-,40+,43-,45+/m0/s1. The highest BCUT2D eigenvalue weighted by molar-refractivity contribution is 6.91. The maximum Gasteiger partial charge on any atom is 0.264 e. The van der Waals surface area contributed by atoms with Crippen LogP contribution in [0.2, 0.25) is 18.6 Å². The second-order valence-corrected chi connectivity index (χ2v) is 21.0. The van der Waals surface area contributed by atoms with E-state index in [1.807, 2.05) is 72.8 Å². The predicted octanol–water partition coefficient (Wildman–Crippen LogP) is 4.74. The molecule has 0 aromatic heterocycles. The van der Waals surface area contributed by atoms with Gasteiger partial charge in [-0.2, -0.15) is 0 Å². The summed E-state index contributed by atoms with van der Waals surface area (Å²) >= 11 is 0. The highest BCUT2D eigenvalue weighted by Crippen LogP contribution is 2.60. The number of ether oxygens (including phenoxy) is 3. The van der Waals surface area contributed by atoms with Crippen molar-refractivity contribution in [1.29, 1.82) is 0 Å². The predicted molar refractivity (Wildman–Crippen MR) is 222 cm³/mol. The molecule has 8 rings (SSSR count). The fraction of sp³-hybridized carbons (Fsp3) is 0.400. The van der Waals surface area contributed by atoms with Crippen LogP contribution in [0.15, 0.2) is 91.0 Å². The summed E-state index contributed by atoms with van der Waals surface area (Å²) < 4.78 is 18.6. The van der Waals surface area contributed by atoms with Crippen LogP contribution in [0.4, 0.5) is 11.4 Å². The van der Waals surface area contributed by atoms with Crippen molar-refractivity contribution >= 4 is 42.4 Å². The number of piperazine rings is 1. The molecule has 57 heavy (non-hydrogen) atoms. The largest absolute Gasteiger partial charge is 0.497 e. The summed E-state index contributed by atoms with van der Waals surface area (Å²) in [5, 5.41) is 14.8. The van der Waals surface area contributed by atoms with Crippen molar-refractivity contribution in [3.63, 3.8) is 0 Å². The Hall–Kier alpha value is -5.01. The first-order valence-electron chi connectivity index (χ1n) is 19.9. The molecule has 3 amide bonds. The van der Waals surface area contributed by atoms with Gasteiger partial charge in [-0.25, -0.2) is 0 Å². The van der Waals surface area contributed by atoms with Crippen LogP contribution in [0.25, 0.3) is 0 Å². The van der Waals surface area contributed by atoms with Gasteiger partial charge in [0.05, 0.1) is 66.2 Å². The smallest absolute Gasteiger partial charge is 0.264 e. The second kappa shape index (κ2) is 15.4. The molecule has 4 aliphatic rings. The number of amides is 3. The summed E-state index contributed by atoms with van der Waals surface area (Å²) in [5.41, 5.74) is 3.80. The Balaban J connectivity index is 1.19. The Morgan fingerprint density at radius 1 is 0.947 bits per heavy atom. The van der Waals surface area contributed by atoms with Crippen molar-refractivity contribution < 1.29 is 33.7 Å². The van der Waals surface area contributed by atoms with Crippen LogP contribution in [-0.2, 0) is 44.2 Å². The molecule has 4 aromatic rings. The summed E-state index contributed by atoms with van der Waals surface area (Å²) in [5.74, 6) is 0.767. The van der Waals surface area contributed by atoms with E-state index in [4.69, 9.17) is 14.2 Å². The first-order chi connectivity index (χ1) is 27.5. The number of carbonyl (C=O) groups is 3. The van der Waals surface area contributed by atoms with Crippen LogP contribution in [0.5, 0.6) is 11.5 Å². The minimum Gasteiger partial charge on any atom is -0.497 e. The van der Waals surface area contributed by atoms with Gasteiger partial charge in [-0.05, 0) is 71.1 Å². The number of nitrogens with one attached hydrogen (secondary N) is 1. The van der Waals surface area contributed by atoms with Crippen LogP contribution in [-0.4, -0.2) is 88.4 Å². The maximum absolute atomic E-state index is 15.5. The van der Waals surface area contributed by atoms with Crippen molar-refractivity contribution in [3.05, 3.63) is 113 Å². The zero-order chi connectivity index (χ0) is 40.1. The Labute approximate surface area is 335 Å². The minimum absolute atomic E-state index is 0.00886. The summed E-state index contributed by atoms with van der Waals surface area (Å²) in [4.78, 5) is 48.3. The van der Waals surface area contributed by atoms with Gasteiger partial charge in [-0.1, -0.05) is 73.7 Å². The number of methoxy groups -OCH3 is 2. The number of rotatable bonds is 10. The topological polar surface area (TPSA) is 121 Å². The SMILES string of the molecule is COc1ccc([Si](C)(C)[C@@H]2[C@@H](CC(=O)N3Cc4ccccc4C[C@H]3CO)O[C@]3(C(=O)N(Cc4cccc(N5CCNCC5=O)c4)c4ccc(OC)cc43)[C@H]2C)cc1. The van der Waals surface area contributed by atoms with Crippen molar-refractivity contribution in [1.82, 2.24) is 10.2 Å². The van der Waals surface area contributed by atoms with E-state index in [1.165, 1.54) is 5.19 Å². The van der Waals surface area contributed by atoms with Gasteiger partial charge in [0.1, 0.15) is 11.5 Å². The maximum atomic E-state index is 15.5. The van der Waals surface area contributed by atoms with Gasteiger partial charge in [-0.3, -0.25) is 14.4 Å². The third-order valence-electron chi connectivity index (χ3n) is 13.0. The summed E-state index contributed by atoms with van der Waals surface area (Å²) in [6, 6.07) is 29.4. The highest BCUT2D eigenvalue weighted by atomic mass is 28.3. The van der Waals surface area contributed by atoms with Gasteiger partial charge in [0, 0.05) is 36.8 Å². The van der Waals surface area contributed by atoms with E-state index in [0.29, 0.717) is 31.8 Å². The lowest BCUT2D eigenvalue weighted by atomic mass is 9.82. The quantitative estimate of drug-likeness (QED) is 0.222. The second-order valence-electron chi connectivity index (χ2n) is 16.4. The lowest BCUT2D eigenvalue weighted by Crippen LogP contribution is -2.52. The molecule has 2 saturated heterocycles. The van der Waals surface area contributed by atoms with E-state index in [1.54, 1.807) is 28.9 Å². The van der Waals surface area contributed by atoms with E-state index in [-0.39, 0.29) is 61.3 Å². The molecule has 0 saturated carbocycles. The molecule has 0 bridgehead atoms. The highest BCUT2D eigenvalue weighted by Gasteiger charge is 2.66. The lowest BCUT2D eigenvalue weighted by Gasteiger charge is -2.39. The molecule has 4 aliphatic heterocycles. The third kappa shape index (κ3) is 6.71. The summed E-state index contributed by atoms with van der Waals surface area (Å²) in [7, 11) is 0.717. The number of nitrogens with zero attached hydrogens (tertiary/aromatic N) is 3. The van der Waals surface area contributed by atoms with Crippen LogP contribution in [0.1, 0.15) is 35.6 Å². The molecule has 12 heteroatoms. The zero-order valence-corrected chi connectivity index (χ0v) is 34.4. The van der Waals surface area contributed by atoms with Gasteiger partial charge in [0.15, 0.2) is 5.60 Å². The molecule has 2 N–H and O–H groups in total. The molecule has 0 aliphatic carbocycles. The summed E-state index contributed by atoms with van der Waals surface area (Å²) in [6.07, 6.45) is 0.0394. The van der Waals surface area contributed by atoms with E-state index >= 15 is 4.79 Å². The first kappa shape index (κ1) is 38.8. The molecule has 1 spiro atoms. The Morgan fingerprint density at radius 2 is 1.68 bits per heavy atom. The number of anilines is 2. The van der Waals surface area contributed by atoms with Gasteiger partial charge in [-0.15, -0.1) is 0 Å². The molecule has 298 valence electrons. The molecule has 2 fully saturated rings. The minimum atomic E-state index is -2.55. The van der Waals surface area contributed by atoms with Crippen molar-refractivity contribution in [2.24, 2.45) is 5.92 Å². The molecule has 0 unspecified atom stereocenters. The number of aliphatic hydroxyl groups is 1. The number of fused-ring (bicyclic) bond motifs is 3. The van der Waals surface area contributed by atoms with Crippen LogP contribution >= 0.6 is 0 Å². The van der Waals surface area contributed by atoms with Gasteiger partial charge in [0.25, 0.3) is 5.91 Å². The lowest BCUT2D eigenvalue weighted by molar-refractivity contribution is -0.151. The summed E-state index contributed by atoms with van der Waals surface area (Å²) in [6.45, 7) is 8.81. The van der Waals surface area contributed by atoms with Gasteiger partial charge < -0.3 is 39.3 Å². The third-order valence-corrected chi connectivity index (χ3v) is 17.3. The van der Waals surface area contributed by atoms with Gasteiger partial charge in [0.2, 0.25) is 11.8 Å². The molecule has 4 aromatic carbocycles. The monoisotopic (exact) mass is 788 g/mol. The van der Waals surface area contributed by atoms with E-state index < -0.39 is 19.8 Å². The fourth-order valence-corrected chi connectivity index (χ4v) is 14.0. The average molecular weight is 789 g/mol. The van der Waals surface area contributed by atoms with Crippen LogP contribution in [0.3, 0.4) is 0 Å². The number of hydrogen-bond donors (Lipinski definition) is 2. The Kier molecular flexibility index (Phi) is 10.5. The van der Waals surface area contributed by atoms with Crippen molar-refractivity contribution in [2.45, 2.75) is 69.2 Å². The van der Waals surface area contributed by atoms with E-state index in [9.17, 15) is 14.7 Å². The van der Waals surface area contributed by atoms with Crippen LogP contribution < -0.4 is 29.8 Å². The van der Waals surface area contributed by atoms with Crippen LogP contribution in [0, 0.1) is 5.92 Å². The van der Waals surface area contributed by atoms with E-state index in [2.05, 4.69) is 43.5 Å². The molecular formula is C45H52N4O7Si. The number of benzene rings is 4. The normalized spacial score (nSPS) is 24.5. The number of carbonyl (C=O) groups excluding carboxylic acids is 3. The molecule has 5 atom stereocenters. The van der Waals surface area contributed by atoms with E-state index in [0.717, 1.165) is 39.4 Å². The van der Waals surface area contributed by atoms with Crippen molar-refractivity contribution in [3.8, 4) is 11.5 Å². The van der Waals surface area contributed by atoms with Crippen molar-refractivity contribution in [2.75, 3.05) is 50.3 Å². The molecular weight excluding hydrogens is 737 g/mol. The fourth-order valence-electron chi connectivity index (χ4n) is 9.99. The average Bonchev–Trinajstić information content (AvgIpc) is 3.65. The van der Waals surface area contributed by atoms with Gasteiger partial charge >= 0.3 is 0 Å². The zero-order valence-electron chi connectivity index (χ0n) is 33.4. The molecule has 0 radical (unpaired) electrons.